The molecule has 0 radical (unpaired) electrons. The number of nitrogens with zero attached hydrogens (tertiary/aromatic N) is 1. The van der Waals surface area contributed by atoms with Gasteiger partial charge >= 0.3 is 0 Å². The molecule has 0 atom stereocenters. The Labute approximate surface area is 218 Å². The molecule has 1 fully saturated rings. The Morgan fingerprint density at radius 2 is 1.69 bits per heavy atom. The molecule has 11 heteroatoms. The smallest absolute Gasteiger partial charge is 0.294 e. The minimum absolute atomic E-state index is 0.0711. The summed E-state index contributed by atoms with van der Waals surface area (Å²) in [5.41, 5.74) is 1.07. The van der Waals surface area contributed by atoms with Gasteiger partial charge in [0.25, 0.3) is 11.1 Å². The van der Waals surface area contributed by atoms with E-state index in [4.69, 9.17) is 27.9 Å². The predicted molar refractivity (Wildman–Crippen MR) is 135 cm³/mol. The highest BCUT2D eigenvalue weighted by molar-refractivity contribution is 8.18. The number of benzene rings is 3. The van der Waals surface area contributed by atoms with Crippen molar-refractivity contribution in [1.82, 2.24) is 4.90 Å². The number of carbonyl (C=O) groups excluding carboxylic acids is 3. The van der Waals surface area contributed by atoms with Crippen LogP contribution in [0.1, 0.15) is 11.1 Å². The van der Waals surface area contributed by atoms with Gasteiger partial charge in [-0.15, -0.1) is 0 Å². The number of thioether (sulfide) groups is 1. The van der Waals surface area contributed by atoms with Gasteiger partial charge in [0.05, 0.1) is 15.0 Å². The van der Waals surface area contributed by atoms with Crippen LogP contribution in [0.2, 0.25) is 10.0 Å². The van der Waals surface area contributed by atoms with Crippen molar-refractivity contribution in [2.75, 3.05) is 11.9 Å². The van der Waals surface area contributed by atoms with Gasteiger partial charge in [-0.2, -0.15) is 0 Å². The molecule has 4 rings (SSSR count). The Balaban J connectivity index is 1.44. The van der Waals surface area contributed by atoms with Gasteiger partial charge in [0.1, 0.15) is 24.8 Å². The maximum absolute atomic E-state index is 13.8. The molecule has 1 aliphatic heterocycles. The molecule has 0 saturated carbocycles. The standard InChI is InChI=1S/C25H16Cl2F2N2O4S/c26-18-9-14(10-19(27)23(18)35-13-15-3-1-2-4-20(15)29)11-21-24(33)31(25(34)36-21)12-22(32)30-17-7-5-16(28)6-8-17/h1-11H,12-13H2,(H,30,32)/b21-11-. The largest absolute Gasteiger partial charge is 0.486 e. The lowest BCUT2D eigenvalue weighted by molar-refractivity contribution is -0.127. The molecule has 0 bridgehead atoms. The normalized spacial score (nSPS) is 14.4. The third-order valence-electron chi connectivity index (χ3n) is 4.95. The van der Waals surface area contributed by atoms with E-state index in [2.05, 4.69) is 5.32 Å². The zero-order valence-electron chi connectivity index (χ0n) is 18.3. The van der Waals surface area contributed by atoms with Crippen LogP contribution in [0.25, 0.3) is 6.08 Å². The van der Waals surface area contributed by atoms with E-state index in [-0.39, 0.29) is 27.3 Å². The van der Waals surface area contributed by atoms with E-state index in [0.717, 1.165) is 4.90 Å². The third-order valence-corrected chi connectivity index (χ3v) is 6.42. The second kappa shape index (κ2) is 11.1. The Hall–Kier alpha value is -3.40. The number of imide groups is 1. The lowest BCUT2D eigenvalue weighted by atomic mass is 10.2. The molecule has 1 saturated heterocycles. The Morgan fingerprint density at radius 3 is 2.36 bits per heavy atom. The Bertz CT molecular complexity index is 1360. The van der Waals surface area contributed by atoms with Gasteiger partial charge < -0.3 is 10.1 Å². The molecule has 0 unspecified atom stereocenters. The summed E-state index contributed by atoms with van der Waals surface area (Å²) in [5, 5.41) is 2.13. The van der Waals surface area contributed by atoms with Crippen LogP contribution in [0.3, 0.4) is 0 Å². The number of ether oxygens (including phenoxy) is 1. The quantitative estimate of drug-likeness (QED) is 0.340. The minimum atomic E-state index is -0.661. The minimum Gasteiger partial charge on any atom is -0.486 e. The van der Waals surface area contributed by atoms with Crippen molar-refractivity contribution in [1.29, 1.82) is 0 Å². The van der Waals surface area contributed by atoms with Crippen molar-refractivity contribution >= 4 is 63.8 Å². The number of halogens is 4. The topological polar surface area (TPSA) is 75.7 Å². The van der Waals surface area contributed by atoms with E-state index >= 15 is 0 Å². The van der Waals surface area contributed by atoms with Crippen LogP contribution in [0.5, 0.6) is 5.75 Å². The third kappa shape index (κ3) is 6.04. The van der Waals surface area contributed by atoms with Crippen molar-refractivity contribution in [3.63, 3.8) is 0 Å². The van der Waals surface area contributed by atoms with Gasteiger partial charge in [0.2, 0.25) is 5.91 Å². The summed E-state index contributed by atoms with van der Waals surface area (Å²) in [4.78, 5) is 38.2. The number of rotatable bonds is 7. The summed E-state index contributed by atoms with van der Waals surface area (Å²) >= 11 is 13.3. The fourth-order valence-corrected chi connectivity index (χ4v) is 4.68. The summed E-state index contributed by atoms with van der Waals surface area (Å²) in [5.74, 6) is -2.03. The van der Waals surface area contributed by atoms with Crippen LogP contribution >= 0.6 is 35.0 Å². The molecule has 0 spiro atoms. The maximum atomic E-state index is 13.8. The molecule has 36 heavy (non-hydrogen) atoms. The second-order valence-corrected chi connectivity index (χ2v) is 9.32. The van der Waals surface area contributed by atoms with E-state index in [1.165, 1.54) is 48.5 Å². The van der Waals surface area contributed by atoms with Crippen molar-refractivity contribution in [2.45, 2.75) is 6.61 Å². The van der Waals surface area contributed by atoms with Crippen molar-refractivity contribution in [2.24, 2.45) is 0 Å². The molecule has 1 N–H and O–H groups in total. The average molecular weight is 549 g/mol. The summed E-state index contributed by atoms with van der Waals surface area (Å²) < 4.78 is 32.4. The van der Waals surface area contributed by atoms with Gasteiger partial charge in [0.15, 0.2) is 5.75 Å². The molecule has 3 aromatic carbocycles. The van der Waals surface area contributed by atoms with Crippen molar-refractivity contribution in [3.05, 3.63) is 98.4 Å². The number of carbonyl (C=O) groups is 3. The zero-order chi connectivity index (χ0) is 25.8. The van der Waals surface area contributed by atoms with Crippen LogP contribution in [-0.4, -0.2) is 28.5 Å². The first-order valence-electron chi connectivity index (χ1n) is 10.4. The van der Waals surface area contributed by atoms with Crippen LogP contribution < -0.4 is 10.1 Å². The van der Waals surface area contributed by atoms with Gasteiger partial charge in [-0.05, 0) is 65.9 Å². The first-order valence-corrected chi connectivity index (χ1v) is 11.9. The lowest BCUT2D eigenvalue weighted by Gasteiger charge is -2.12. The summed E-state index contributed by atoms with van der Waals surface area (Å²) in [6.07, 6.45) is 1.42. The monoisotopic (exact) mass is 548 g/mol. The Kier molecular flexibility index (Phi) is 7.93. The van der Waals surface area contributed by atoms with Crippen LogP contribution in [0.15, 0.2) is 65.6 Å². The average Bonchev–Trinajstić information content (AvgIpc) is 3.08. The first-order chi connectivity index (χ1) is 17.2. The summed E-state index contributed by atoms with van der Waals surface area (Å²) in [6, 6.07) is 14.2. The number of nitrogens with one attached hydrogen (secondary N) is 1. The molecule has 3 aromatic rings. The number of hydrogen-bond donors (Lipinski definition) is 1. The fraction of sp³-hybridized carbons (Fsp3) is 0.0800. The van der Waals surface area contributed by atoms with Crippen LogP contribution in [0, 0.1) is 11.6 Å². The van der Waals surface area contributed by atoms with E-state index < -0.39 is 35.2 Å². The van der Waals surface area contributed by atoms with E-state index in [1.807, 2.05) is 0 Å². The highest BCUT2D eigenvalue weighted by Gasteiger charge is 2.36. The van der Waals surface area contributed by atoms with E-state index in [0.29, 0.717) is 28.6 Å². The zero-order valence-corrected chi connectivity index (χ0v) is 20.6. The summed E-state index contributed by atoms with van der Waals surface area (Å²) in [6.45, 7) is -0.603. The molecule has 1 aliphatic rings. The van der Waals surface area contributed by atoms with Crippen molar-refractivity contribution < 1.29 is 27.9 Å². The molecule has 184 valence electrons. The summed E-state index contributed by atoms with van der Waals surface area (Å²) in [7, 11) is 0. The van der Waals surface area contributed by atoms with Crippen molar-refractivity contribution in [3.8, 4) is 5.75 Å². The SMILES string of the molecule is O=C(CN1C(=O)S/C(=C\c2cc(Cl)c(OCc3ccccc3F)c(Cl)c2)C1=O)Nc1ccc(F)cc1. The van der Waals surface area contributed by atoms with Gasteiger partial charge in [0, 0.05) is 11.3 Å². The Morgan fingerprint density at radius 1 is 1.03 bits per heavy atom. The first kappa shape index (κ1) is 25.7. The predicted octanol–water partition coefficient (Wildman–Crippen LogP) is 6.53. The highest BCUT2D eigenvalue weighted by Crippen LogP contribution is 2.38. The van der Waals surface area contributed by atoms with E-state index in [1.54, 1.807) is 18.2 Å². The molecule has 3 amide bonds. The fourth-order valence-electron chi connectivity index (χ4n) is 3.23. The second-order valence-electron chi connectivity index (χ2n) is 7.52. The van der Waals surface area contributed by atoms with E-state index in [9.17, 15) is 23.2 Å². The van der Waals surface area contributed by atoms with Gasteiger partial charge in [-0.25, -0.2) is 8.78 Å². The maximum Gasteiger partial charge on any atom is 0.294 e. The number of amides is 3. The molecule has 1 heterocycles. The molecule has 0 aliphatic carbocycles. The van der Waals surface area contributed by atoms with Gasteiger partial charge in [-0.1, -0.05) is 41.4 Å². The molecular formula is C25H16Cl2F2N2O4S. The molecule has 0 aromatic heterocycles. The number of anilines is 1. The van der Waals surface area contributed by atoms with Crippen LogP contribution in [0.4, 0.5) is 19.3 Å². The highest BCUT2D eigenvalue weighted by atomic mass is 35.5. The molecular weight excluding hydrogens is 533 g/mol. The lowest BCUT2D eigenvalue weighted by Crippen LogP contribution is -2.36. The molecule has 6 nitrogen and oxygen atoms in total. The van der Waals surface area contributed by atoms with Gasteiger partial charge in [-0.3, -0.25) is 19.3 Å². The van der Waals surface area contributed by atoms with Crippen LogP contribution in [-0.2, 0) is 16.2 Å². The number of hydrogen-bond acceptors (Lipinski definition) is 5.